The highest BCUT2D eigenvalue weighted by Crippen LogP contribution is 2.29. The molecule has 0 fully saturated rings. The minimum absolute atomic E-state index is 0.704. The molecule has 0 bridgehead atoms. The average molecular weight is 329 g/mol. The first-order valence-electron chi connectivity index (χ1n) is 7.99. The second-order valence-electron chi connectivity index (χ2n) is 6.22. The van der Waals surface area contributed by atoms with E-state index < -0.39 is 0 Å². The van der Waals surface area contributed by atoms with E-state index in [4.69, 9.17) is 11.6 Å². The Morgan fingerprint density at radius 1 is 1.04 bits per heavy atom. The van der Waals surface area contributed by atoms with Gasteiger partial charge in [-0.1, -0.05) is 40.9 Å². The minimum Gasteiger partial charge on any atom is -0.366 e. The molecular formula is C20H25ClN2. The lowest BCUT2D eigenvalue weighted by Crippen LogP contribution is -2.14. The van der Waals surface area contributed by atoms with Crippen LogP contribution in [0.3, 0.4) is 0 Å². The largest absolute Gasteiger partial charge is 0.366 e. The van der Waals surface area contributed by atoms with Crippen molar-refractivity contribution in [3.63, 3.8) is 0 Å². The van der Waals surface area contributed by atoms with Crippen LogP contribution < -0.4 is 0 Å². The number of benzene rings is 2. The summed E-state index contributed by atoms with van der Waals surface area (Å²) in [4.78, 5) is 6.51. The monoisotopic (exact) mass is 328 g/mol. The molecule has 2 nitrogen and oxygen atoms in total. The molecule has 0 atom stereocenters. The lowest BCUT2D eigenvalue weighted by Gasteiger charge is -2.12. The van der Waals surface area contributed by atoms with Gasteiger partial charge in [-0.2, -0.15) is 0 Å². The Balaban J connectivity index is 2.27. The van der Waals surface area contributed by atoms with E-state index in [1.165, 1.54) is 27.8 Å². The molecule has 2 rings (SSSR count). The fourth-order valence-electron chi connectivity index (χ4n) is 2.63. The molecule has 122 valence electrons. The zero-order valence-electron chi connectivity index (χ0n) is 14.7. The van der Waals surface area contributed by atoms with Crippen molar-refractivity contribution in [2.24, 2.45) is 4.99 Å². The topological polar surface area (TPSA) is 15.6 Å². The van der Waals surface area contributed by atoms with Gasteiger partial charge < -0.3 is 4.90 Å². The molecule has 0 aromatic heterocycles. The Hall–Kier alpha value is -1.80. The van der Waals surface area contributed by atoms with Gasteiger partial charge in [0.2, 0.25) is 0 Å². The maximum absolute atomic E-state index is 6.42. The van der Waals surface area contributed by atoms with Crippen LogP contribution in [0.15, 0.2) is 35.3 Å². The molecule has 0 N–H and O–H groups in total. The van der Waals surface area contributed by atoms with Gasteiger partial charge in [0.05, 0.1) is 17.0 Å². The van der Waals surface area contributed by atoms with E-state index in [-0.39, 0.29) is 0 Å². The molecule has 0 amide bonds. The number of aliphatic imine (C=N–C) groups is 1. The van der Waals surface area contributed by atoms with Crippen LogP contribution in [0.1, 0.15) is 34.7 Å². The van der Waals surface area contributed by atoms with Gasteiger partial charge >= 0.3 is 0 Å². The van der Waals surface area contributed by atoms with Crippen molar-refractivity contribution in [1.29, 1.82) is 0 Å². The Morgan fingerprint density at radius 2 is 1.70 bits per heavy atom. The molecule has 0 aliphatic rings. The molecule has 0 aliphatic heterocycles. The third kappa shape index (κ3) is 4.84. The van der Waals surface area contributed by atoms with Crippen molar-refractivity contribution in [3.8, 4) is 0 Å². The van der Waals surface area contributed by atoms with Gasteiger partial charge in [-0.15, -0.1) is 0 Å². The fourth-order valence-corrected chi connectivity index (χ4v) is 2.87. The van der Waals surface area contributed by atoms with Crippen LogP contribution >= 0.6 is 11.6 Å². The van der Waals surface area contributed by atoms with E-state index in [1.54, 1.807) is 0 Å². The number of hydrogen-bond acceptors (Lipinski definition) is 1. The zero-order valence-corrected chi connectivity index (χ0v) is 15.4. The average Bonchev–Trinajstić information content (AvgIpc) is 2.47. The predicted molar refractivity (Wildman–Crippen MR) is 101 cm³/mol. The zero-order chi connectivity index (χ0) is 17.0. The molecule has 0 saturated carbocycles. The number of nitrogens with zero attached hydrogens (tertiary/aromatic N) is 2. The Bertz CT molecular complexity index is 700. The summed E-state index contributed by atoms with van der Waals surface area (Å²) in [5.41, 5.74) is 7.22. The highest BCUT2D eigenvalue weighted by Gasteiger charge is 2.07. The molecule has 2 aromatic carbocycles. The van der Waals surface area contributed by atoms with Crippen LogP contribution in [0.2, 0.25) is 5.02 Å². The highest BCUT2D eigenvalue weighted by atomic mass is 35.5. The molecule has 3 heteroatoms. The number of halogens is 1. The van der Waals surface area contributed by atoms with E-state index in [0.717, 1.165) is 18.7 Å². The third-order valence-corrected chi connectivity index (χ3v) is 4.28. The fraction of sp³-hybridized carbons (Fsp3) is 0.350. The van der Waals surface area contributed by atoms with Crippen molar-refractivity contribution in [2.45, 2.75) is 34.1 Å². The first kappa shape index (κ1) is 17.6. The molecule has 0 aliphatic carbocycles. The molecular weight excluding hydrogens is 304 g/mol. The number of aryl methyl sites for hydroxylation is 3. The van der Waals surface area contributed by atoms with E-state index >= 15 is 0 Å². The van der Waals surface area contributed by atoms with Gasteiger partial charge in [0.15, 0.2) is 0 Å². The molecule has 0 saturated heterocycles. The van der Waals surface area contributed by atoms with Crippen molar-refractivity contribution < 1.29 is 0 Å². The minimum atomic E-state index is 0.704. The quantitative estimate of drug-likeness (QED) is 0.525. The highest BCUT2D eigenvalue weighted by molar-refractivity contribution is 6.33. The smallest absolute Gasteiger partial charge is 0.0910 e. The maximum atomic E-state index is 6.42. The predicted octanol–water partition coefficient (Wildman–Crippen LogP) is 5.47. The van der Waals surface area contributed by atoms with Gasteiger partial charge in [0.25, 0.3) is 0 Å². The summed E-state index contributed by atoms with van der Waals surface area (Å²) in [6.45, 7) is 9.41. The van der Waals surface area contributed by atoms with Gasteiger partial charge in [-0.3, -0.25) is 0 Å². The van der Waals surface area contributed by atoms with Crippen molar-refractivity contribution in [2.75, 3.05) is 13.6 Å². The summed E-state index contributed by atoms with van der Waals surface area (Å²) in [5.74, 6) is 0. The van der Waals surface area contributed by atoms with Gasteiger partial charge in [0, 0.05) is 13.6 Å². The first-order chi connectivity index (χ1) is 10.9. The van der Waals surface area contributed by atoms with E-state index in [9.17, 15) is 0 Å². The van der Waals surface area contributed by atoms with E-state index in [2.05, 4.69) is 57.0 Å². The van der Waals surface area contributed by atoms with Crippen LogP contribution in [0.5, 0.6) is 0 Å². The third-order valence-electron chi connectivity index (χ3n) is 3.97. The molecule has 23 heavy (non-hydrogen) atoms. The normalized spacial score (nSPS) is 11.2. The summed E-state index contributed by atoms with van der Waals surface area (Å²) in [7, 11) is 2.00. The molecule has 0 unspecified atom stereocenters. The van der Waals surface area contributed by atoms with Crippen molar-refractivity contribution >= 4 is 23.6 Å². The summed E-state index contributed by atoms with van der Waals surface area (Å²) < 4.78 is 0. The van der Waals surface area contributed by atoms with Crippen LogP contribution in [0, 0.1) is 20.8 Å². The summed E-state index contributed by atoms with van der Waals surface area (Å²) in [6, 6.07) is 10.8. The summed E-state index contributed by atoms with van der Waals surface area (Å²) in [6.07, 6.45) is 2.72. The van der Waals surface area contributed by atoms with Crippen LogP contribution in [-0.4, -0.2) is 24.8 Å². The van der Waals surface area contributed by atoms with Crippen molar-refractivity contribution in [1.82, 2.24) is 4.90 Å². The lowest BCUT2D eigenvalue weighted by molar-refractivity contribution is 0.552. The first-order valence-corrected chi connectivity index (χ1v) is 8.37. The molecule has 0 radical (unpaired) electrons. The van der Waals surface area contributed by atoms with Gasteiger partial charge in [0.1, 0.15) is 0 Å². The lowest BCUT2D eigenvalue weighted by atomic mass is 9.97. The second kappa shape index (κ2) is 7.65. The van der Waals surface area contributed by atoms with E-state index in [0.29, 0.717) is 5.02 Å². The maximum Gasteiger partial charge on any atom is 0.0910 e. The molecule has 2 aromatic rings. The standard InChI is InChI=1S/C20H25ClN2/c1-6-23(5)13-22-20-10-16(4)18(12-19(20)21)11-17-8-14(2)7-15(3)9-17/h7-10,12-13H,6,11H2,1-5H3. The molecule has 0 heterocycles. The number of hydrogen-bond donors (Lipinski definition) is 0. The van der Waals surface area contributed by atoms with E-state index in [1.807, 2.05) is 24.4 Å². The van der Waals surface area contributed by atoms with Crippen LogP contribution in [-0.2, 0) is 6.42 Å². The Kier molecular flexibility index (Phi) is 5.84. The Labute approximate surface area is 144 Å². The summed E-state index contributed by atoms with van der Waals surface area (Å²) >= 11 is 6.42. The van der Waals surface area contributed by atoms with Crippen molar-refractivity contribution in [3.05, 3.63) is 63.2 Å². The summed E-state index contributed by atoms with van der Waals surface area (Å²) in [5, 5.41) is 0.704. The van der Waals surface area contributed by atoms with Gasteiger partial charge in [-0.25, -0.2) is 4.99 Å². The SMILES string of the molecule is CCN(C)C=Nc1cc(C)c(Cc2cc(C)cc(C)c2)cc1Cl. The van der Waals surface area contributed by atoms with Gasteiger partial charge in [-0.05, 0) is 62.9 Å². The van der Waals surface area contributed by atoms with Crippen LogP contribution in [0.25, 0.3) is 0 Å². The second-order valence-corrected chi connectivity index (χ2v) is 6.63. The van der Waals surface area contributed by atoms with Crippen LogP contribution in [0.4, 0.5) is 5.69 Å². The Morgan fingerprint density at radius 3 is 2.30 bits per heavy atom. The molecule has 0 spiro atoms. The number of rotatable bonds is 5.